The van der Waals surface area contributed by atoms with Crippen molar-refractivity contribution in [1.82, 2.24) is 15.5 Å². The molecule has 0 bridgehead atoms. The van der Waals surface area contributed by atoms with Crippen molar-refractivity contribution >= 4 is 23.7 Å². The summed E-state index contributed by atoms with van der Waals surface area (Å²) in [4.78, 5) is 18.2. The number of ether oxygens (including phenoxy) is 2. The van der Waals surface area contributed by atoms with Crippen molar-refractivity contribution in [1.29, 1.82) is 0 Å². The van der Waals surface area contributed by atoms with Crippen LogP contribution < -0.4 is 15.4 Å². The largest absolute Gasteiger partial charge is 0.489 e. The molecule has 1 aromatic carbocycles. The van der Waals surface area contributed by atoms with Gasteiger partial charge in [-0.05, 0) is 57.9 Å². The summed E-state index contributed by atoms with van der Waals surface area (Å²) in [6.45, 7) is 8.93. The predicted molar refractivity (Wildman–Crippen MR) is 112 cm³/mol. The van der Waals surface area contributed by atoms with Crippen molar-refractivity contribution in [3.05, 3.63) is 29.3 Å². The Labute approximate surface area is 172 Å². The Kier molecular flexibility index (Phi) is 9.20. The molecule has 0 radical (unpaired) electrons. The SMILES string of the molecule is CCNC(=NCC(C)Oc1ccc(Cl)cc1)NC1CCN(C(=O)OCC)CC1. The lowest BCUT2D eigenvalue weighted by molar-refractivity contribution is 0.0963. The fourth-order valence-electron chi connectivity index (χ4n) is 2.94. The van der Waals surface area contributed by atoms with E-state index in [0.717, 1.165) is 31.1 Å². The average Bonchev–Trinajstić information content (AvgIpc) is 2.69. The number of aliphatic imine (C=N–C) groups is 1. The number of hydrogen-bond donors (Lipinski definition) is 2. The van der Waals surface area contributed by atoms with Crippen LogP contribution in [-0.4, -0.2) is 61.9 Å². The van der Waals surface area contributed by atoms with Crippen LogP contribution in [0, 0.1) is 0 Å². The van der Waals surface area contributed by atoms with Gasteiger partial charge in [0, 0.05) is 30.7 Å². The summed E-state index contributed by atoms with van der Waals surface area (Å²) < 4.78 is 10.9. The first-order valence-electron chi connectivity index (χ1n) is 9.90. The molecule has 1 aliphatic rings. The molecule has 0 aromatic heterocycles. The molecular formula is C20H31ClN4O3. The molecule has 1 aliphatic heterocycles. The molecule has 7 nitrogen and oxygen atoms in total. The molecule has 156 valence electrons. The Morgan fingerprint density at radius 1 is 1.29 bits per heavy atom. The van der Waals surface area contributed by atoms with E-state index in [1.165, 1.54) is 0 Å². The van der Waals surface area contributed by atoms with E-state index < -0.39 is 0 Å². The second kappa shape index (κ2) is 11.6. The number of amides is 1. The van der Waals surface area contributed by atoms with Gasteiger partial charge in [-0.15, -0.1) is 0 Å². The van der Waals surface area contributed by atoms with Crippen molar-refractivity contribution in [2.45, 2.75) is 45.8 Å². The van der Waals surface area contributed by atoms with Crippen molar-refractivity contribution in [3.63, 3.8) is 0 Å². The zero-order valence-corrected chi connectivity index (χ0v) is 17.7. The van der Waals surface area contributed by atoms with E-state index in [1.54, 1.807) is 17.0 Å². The Morgan fingerprint density at radius 3 is 2.57 bits per heavy atom. The zero-order valence-electron chi connectivity index (χ0n) is 16.9. The highest BCUT2D eigenvalue weighted by Crippen LogP contribution is 2.17. The second-order valence-corrected chi connectivity index (χ2v) is 7.14. The minimum absolute atomic E-state index is 0.0673. The molecule has 28 heavy (non-hydrogen) atoms. The maximum absolute atomic E-state index is 11.8. The van der Waals surface area contributed by atoms with Crippen molar-refractivity contribution in [3.8, 4) is 5.75 Å². The van der Waals surface area contributed by atoms with Crippen molar-refractivity contribution in [2.75, 3.05) is 32.8 Å². The van der Waals surface area contributed by atoms with E-state index in [4.69, 9.17) is 21.1 Å². The predicted octanol–water partition coefficient (Wildman–Crippen LogP) is 3.28. The fraction of sp³-hybridized carbons (Fsp3) is 0.600. The van der Waals surface area contributed by atoms with Gasteiger partial charge in [0.2, 0.25) is 0 Å². The lowest BCUT2D eigenvalue weighted by Crippen LogP contribution is -2.50. The number of nitrogens with one attached hydrogen (secondary N) is 2. The number of hydrogen-bond acceptors (Lipinski definition) is 4. The Balaban J connectivity index is 1.81. The number of carbonyl (C=O) groups is 1. The summed E-state index contributed by atoms with van der Waals surface area (Å²) in [5.41, 5.74) is 0. The molecule has 1 atom stereocenters. The molecule has 1 saturated heterocycles. The van der Waals surface area contributed by atoms with Gasteiger partial charge < -0.3 is 25.0 Å². The van der Waals surface area contributed by atoms with Gasteiger partial charge in [-0.25, -0.2) is 9.79 Å². The number of guanidine groups is 1. The first-order chi connectivity index (χ1) is 13.5. The molecule has 1 unspecified atom stereocenters. The van der Waals surface area contributed by atoms with Crippen molar-refractivity contribution in [2.24, 2.45) is 4.99 Å². The average molecular weight is 411 g/mol. The van der Waals surface area contributed by atoms with Gasteiger partial charge in [-0.1, -0.05) is 11.6 Å². The minimum atomic E-state index is -0.227. The maximum Gasteiger partial charge on any atom is 0.409 e. The molecule has 2 rings (SSSR count). The van der Waals surface area contributed by atoms with E-state index in [1.807, 2.05) is 32.9 Å². The van der Waals surface area contributed by atoms with Gasteiger partial charge in [0.25, 0.3) is 0 Å². The van der Waals surface area contributed by atoms with Crippen LogP contribution in [0.1, 0.15) is 33.6 Å². The van der Waals surface area contributed by atoms with Gasteiger partial charge in [-0.3, -0.25) is 0 Å². The lowest BCUT2D eigenvalue weighted by atomic mass is 10.1. The summed E-state index contributed by atoms with van der Waals surface area (Å²) in [6, 6.07) is 7.59. The van der Waals surface area contributed by atoms with Gasteiger partial charge in [-0.2, -0.15) is 0 Å². The Hall–Kier alpha value is -2.15. The number of halogens is 1. The summed E-state index contributed by atoms with van der Waals surface area (Å²) in [7, 11) is 0. The topological polar surface area (TPSA) is 75.2 Å². The Bertz CT molecular complexity index is 631. The Morgan fingerprint density at radius 2 is 1.96 bits per heavy atom. The monoisotopic (exact) mass is 410 g/mol. The highest BCUT2D eigenvalue weighted by atomic mass is 35.5. The van der Waals surface area contributed by atoms with Crippen LogP contribution in [-0.2, 0) is 4.74 Å². The van der Waals surface area contributed by atoms with Crippen LogP contribution in [0.3, 0.4) is 0 Å². The number of piperidine rings is 1. The highest BCUT2D eigenvalue weighted by molar-refractivity contribution is 6.30. The van der Waals surface area contributed by atoms with Gasteiger partial charge >= 0.3 is 6.09 Å². The second-order valence-electron chi connectivity index (χ2n) is 6.71. The summed E-state index contributed by atoms with van der Waals surface area (Å²) in [5.74, 6) is 1.54. The third kappa shape index (κ3) is 7.46. The van der Waals surface area contributed by atoms with Crippen LogP contribution >= 0.6 is 11.6 Å². The standard InChI is InChI=1S/C20H31ClN4O3/c1-4-22-19(23-14-15(3)28-18-8-6-16(21)7-9-18)24-17-10-12-25(13-11-17)20(26)27-5-2/h6-9,15,17H,4-5,10-14H2,1-3H3,(H2,22,23,24). The van der Waals surface area contributed by atoms with Crippen LogP contribution in [0.5, 0.6) is 5.75 Å². The molecule has 1 amide bonds. The molecule has 1 fully saturated rings. The number of likely N-dealkylation sites (tertiary alicyclic amines) is 1. The van der Waals surface area contributed by atoms with E-state index in [0.29, 0.717) is 31.3 Å². The van der Waals surface area contributed by atoms with Crippen LogP contribution in [0.4, 0.5) is 4.79 Å². The molecule has 0 spiro atoms. The third-order valence-corrected chi connectivity index (χ3v) is 4.62. The van der Waals surface area contributed by atoms with E-state index in [2.05, 4.69) is 15.6 Å². The van der Waals surface area contributed by atoms with Crippen LogP contribution in [0.25, 0.3) is 0 Å². The number of carbonyl (C=O) groups excluding carboxylic acids is 1. The summed E-state index contributed by atoms with van der Waals surface area (Å²) in [6.07, 6.45) is 1.43. The first kappa shape index (κ1) is 22.1. The van der Waals surface area contributed by atoms with Gasteiger partial charge in [0.05, 0.1) is 13.2 Å². The fourth-order valence-corrected chi connectivity index (χ4v) is 3.06. The number of nitrogens with zero attached hydrogens (tertiary/aromatic N) is 2. The van der Waals surface area contributed by atoms with Crippen LogP contribution in [0.2, 0.25) is 5.02 Å². The number of rotatable bonds is 7. The maximum atomic E-state index is 11.8. The summed E-state index contributed by atoms with van der Waals surface area (Å²) >= 11 is 5.90. The van der Waals surface area contributed by atoms with E-state index >= 15 is 0 Å². The smallest absolute Gasteiger partial charge is 0.409 e. The molecular weight excluding hydrogens is 380 g/mol. The minimum Gasteiger partial charge on any atom is -0.489 e. The quantitative estimate of drug-likeness (QED) is 0.533. The molecule has 8 heteroatoms. The van der Waals surface area contributed by atoms with E-state index in [-0.39, 0.29) is 18.2 Å². The molecule has 0 aliphatic carbocycles. The van der Waals surface area contributed by atoms with E-state index in [9.17, 15) is 4.79 Å². The normalized spacial score (nSPS) is 16.4. The summed E-state index contributed by atoms with van der Waals surface area (Å²) in [5, 5.41) is 7.42. The van der Waals surface area contributed by atoms with Crippen LogP contribution in [0.15, 0.2) is 29.3 Å². The lowest BCUT2D eigenvalue weighted by Gasteiger charge is -2.32. The molecule has 0 saturated carbocycles. The molecule has 2 N–H and O–H groups in total. The van der Waals surface area contributed by atoms with Gasteiger partial charge in [0.1, 0.15) is 11.9 Å². The highest BCUT2D eigenvalue weighted by Gasteiger charge is 2.24. The zero-order chi connectivity index (χ0) is 20.4. The van der Waals surface area contributed by atoms with Gasteiger partial charge in [0.15, 0.2) is 5.96 Å². The number of benzene rings is 1. The third-order valence-electron chi connectivity index (χ3n) is 4.36. The molecule has 1 aromatic rings. The first-order valence-corrected chi connectivity index (χ1v) is 10.3. The molecule has 1 heterocycles. The van der Waals surface area contributed by atoms with Crippen molar-refractivity contribution < 1.29 is 14.3 Å².